The maximum Gasteiger partial charge on any atom is 0.268 e. The number of nitrogens with zero attached hydrogens (tertiary/aromatic N) is 3. The van der Waals surface area contributed by atoms with Crippen LogP contribution in [0.5, 0.6) is 11.5 Å². The fraction of sp³-hybridized carbons (Fsp3) is 0.150. The van der Waals surface area contributed by atoms with E-state index >= 15 is 0 Å². The van der Waals surface area contributed by atoms with Gasteiger partial charge in [-0.2, -0.15) is 10.5 Å². The summed E-state index contributed by atoms with van der Waals surface area (Å²) >= 11 is 0. The van der Waals surface area contributed by atoms with Gasteiger partial charge in [-0.3, -0.25) is 4.79 Å². The molecule has 0 aliphatic heterocycles. The van der Waals surface area contributed by atoms with E-state index in [9.17, 15) is 29.8 Å². The Hall–Kier alpha value is -4.04. The third-order valence-corrected chi connectivity index (χ3v) is 4.00. The Balaban J connectivity index is 2.41. The number of rotatable bonds is 4. The van der Waals surface area contributed by atoms with Crippen LogP contribution in [0.1, 0.15) is 22.3 Å². The van der Waals surface area contributed by atoms with Crippen LogP contribution in [-0.4, -0.2) is 33.2 Å². The summed E-state index contributed by atoms with van der Waals surface area (Å²) in [4.78, 5) is 13.6. The Bertz CT molecular complexity index is 1060. The number of nitriles is 2. The molecule has 0 saturated carbocycles. The van der Waals surface area contributed by atoms with Crippen molar-refractivity contribution in [3.05, 3.63) is 64.0 Å². The highest BCUT2D eigenvalue weighted by Gasteiger charge is 2.23. The van der Waals surface area contributed by atoms with Crippen molar-refractivity contribution in [3.8, 4) is 23.6 Å². The van der Waals surface area contributed by atoms with Crippen LogP contribution in [0.3, 0.4) is 0 Å². The van der Waals surface area contributed by atoms with E-state index in [4.69, 9.17) is 5.26 Å². The van der Waals surface area contributed by atoms with E-state index in [1.165, 1.54) is 13.1 Å². The van der Waals surface area contributed by atoms with Gasteiger partial charge >= 0.3 is 0 Å². The summed E-state index contributed by atoms with van der Waals surface area (Å²) in [5.41, 5.74) is -0.181. The van der Waals surface area contributed by atoms with Crippen LogP contribution in [-0.2, 0) is 11.3 Å². The molecule has 0 unspecified atom stereocenters. The smallest absolute Gasteiger partial charge is 0.268 e. The molecular weight excluding hydrogens is 365 g/mol. The zero-order valence-corrected chi connectivity index (χ0v) is 15.1. The molecule has 142 valence electrons. The molecule has 2 aromatic carbocycles. The molecule has 0 saturated heterocycles. The predicted molar refractivity (Wildman–Crippen MR) is 97.3 cm³/mol. The molecule has 0 atom stereocenters. The van der Waals surface area contributed by atoms with Crippen molar-refractivity contribution in [2.45, 2.75) is 13.5 Å². The molecule has 0 aliphatic carbocycles. The first kappa shape index (κ1) is 20.3. The number of carbonyl (C=O) groups excluding carboxylic acids is 1. The molecule has 2 rings (SSSR count). The molecule has 3 N–H and O–H groups in total. The number of halogens is 1. The zero-order valence-electron chi connectivity index (χ0n) is 15.1. The number of benzene rings is 2. The summed E-state index contributed by atoms with van der Waals surface area (Å²) < 4.78 is 13.9. The van der Waals surface area contributed by atoms with E-state index in [0.717, 1.165) is 22.6 Å². The van der Waals surface area contributed by atoms with E-state index in [-0.39, 0.29) is 23.2 Å². The highest BCUT2D eigenvalue weighted by Crippen LogP contribution is 2.32. The Kier molecular flexibility index (Phi) is 5.87. The maximum atomic E-state index is 13.9. The number of hydrogen-bond donors (Lipinski definition) is 3. The molecule has 0 heterocycles. The zero-order chi connectivity index (χ0) is 21.0. The molecule has 28 heavy (non-hydrogen) atoms. The van der Waals surface area contributed by atoms with Crippen LogP contribution in [0, 0.1) is 35.4 Å². The quantitative estimate of drug-likeness (QED) is 0.323. The van der Waals surface area contributed by atoms with Crippen LogP contribution < -0.4 is 0 Å². The Morgan fingerprint density at radius 1 is 1.21 bits per heavy atom. The van der Waals surface area contributed by atoms with Crippen molar-refractivity contribution in [2.24, 2.45) is 0 Å². The van der Waals surface area contributed by atoms with Crippen molar-refractivity contribution in [1.82, 2.24) is 4.90 Å². The summed E-state index contributed by atoms with van der Waals surface area (Å²) in [6, 6.07) is 9.55. The van der Waals surface area contributed by atoms with Crippen LogP contribution in [0.2, 0.25) is 0 Å². The first-order valence-corrected chi connectivity index (χ1v) is 7.99. The SMILES string of the molecule is Cc1ccc(F)c(CN(C)C(=O)/C(C#N)=C(\O)c2cc(O)c(O)c(C#N)c2)c1. The predicted octanol–water partition coefficient (Wildman–Crippen LogP) is 2.87. The van der Waals surface area contributed by atoms with Crippen LogP contribution in [0.25, 0.3) is 5.76 Å². The van der Waals surface area contributed by atoms with Gasteiger partial charge in [0.25, 0.3) is 5.91 Å². The van der Waals surface area contributed by atoms with Crippen LogP contribution >= 0.6 is 0 Å². The number of aromatic hydroxyl groups is 2. The van der Waals surface area contributed by atoms with Crippen LogP contribution in [0.15, 0.2) is 35.9 Å². The highest BCUT2D eigenvalue weighted by molar-refractivity contribution is 6.03. The first-order chi connectivity index (χ1) is 13.2. The summed E-state index contributed by atoms with van der Waals surface area (Å²) in [5, 5.41) is 47.8. The lowest BCUT2D eigenvalue weighted by atomic mass is 10.0. The molecule has 8 heteroatoms. The minimum Gasteiger partial charge on any atom is -0.506 e. The maximum absolute atomic E-state index is 13.9. The van der Waals surface area contributed by atoms with Crippen molar-refractivity contribution < 1.29 is 24.5 Å². The number of aliphatic hydroxyl groups is 1. The van der Waals surface area contributed by atoms with Crippen molar-refractivity contribution in [2.75, 3.05) is 7.05 Å². The highest BCUT2D eigenvalue weighted by atomic mass is 19.1. The van der Waals surface area contributed by atoms with E-state index < -0.39 is 34.6 Å². The number of hydrogen-bond acceptors (Lipinski definition) is 6. The fourth-order valence-electron chi connectivity index (χ4n) is 2.53. The van der Waals surface area contributed by atoms with Gasteiger partial charge in [0.15, 0.2) is 17.1 Å². The van der Waals surface area contributed by atoms with E-state index in [1.807, 2.05) is 0 Å². The van der Waals surface area contributed by atoms with Crippen molar-refractivity contribution in [3.63, 3.8) is 0 Å². The molecule has 0 aromatic heterocycles. The number of likely N-dealkylation sites (N-methyl/N-ethyl adjacent to an activating group) is 1. The normalized spacial score (nSPS) is 11.2. The minimum atomic E-state index is -0.882. The Morgan fingerprint density at radius 2 is 1.89 bits per heavy atom. The van der Waals surface area contributed by atoms with Gasteiger partial charge < -0.3 is 20.2 Å². The molecule has 7 nitrogen and oxygen atoms in total. The van der Waals surface area contributed by atoms with Gasteiger partial charge in [-0.05, 0) is 25.1 Å². The fourth-order valence-corrected chi connectivity index (χ4v) is 2.53. The number of carbonyl (C=O) groups is 1. The van der Waals surface area contributed by atoms with E-state index in [2.05, 4.69) is 0 Å². The Morgan fingerprint density at radius 3 is 2.50 bits per heavy atom. The molecule has 0 spiro atoms. The Labute approximate surface area is 160 Å². The molecule has 2 aromatic rings. The van der Waals surface area contributed by atoms with E-state index in [1.54, 1.807) is 31.2 Å². The van der Waals surface area contributed by atoms with Gasteiger partial charge in [-0.15, -0.1) is 0 Å². The lowest BCUT2D eigenvalue weighted by molar-refractivity contribution is -0.126. The molecule has 0 fully saturated rings. The summed E-state index contributed by atoms with van der Waals surface area (Å²) in [6.07, 6.45) is 0. The molecular formula is C20H16FN3O4. The summed E-state index contributed by atoms with van der Waals surface area (Å²) in [6.45, 7) is 1.62. The first-order valence-electron chi connectivity index (χ1n) is 7.99. The van der Waals surface area contributed by atoms with Crippen molar-refractivity contribution >= 4 is 11.7 Å². The second-order valence-corrected chi connectivity index (χ2v) is 6.09. The monoisotopic (exact) mass is 381 g/mol. The number of aliphatic hydroxyl groups excluding tert-OH is 1. The van der Waals surface area contributed by atoms with Gasteiger partial charge in [0, 0.05) is 24.7 Å². The van der Waals surface area contributed by atoms with Gasteiger partial charge in [-0.25, -0.2) is 4.39 Å². The third kappa shape index (κ3) is 4.02. The van der Waals surface area contributed by atoms with Crippen molar-refractivity contribution in [1.29, 1.82) is 10.5 Å². The van der Waals surface area contributed by atoms with Gasteiger partial charge in [0.1, 0.15) is 23.7 Å². The standard InChI is InChI=1S/C20H16FN3O4/c1-11-3-4-16(21)14(5-11)10-24(2)20(28)15(9-23)18(26)12-6-13(8-22)19(27)17(25)7-12/h3-7,25-27H,10H2,1-2H3/b18-15-. The van der Waals surface area contributed by atoms with Gasteiger partial charge in [0.05, 0.1) is 5.56 Å². The second kappa shape index (κ2) is 8.11. The average Bonchev–Trinajstić information content (AvgIpc) is 2.66. The van der Waals surface area contributed by atoms with Gasteiger partial charge in [0.2, 0.25) is 0 Å². The lowest BCUT2D eigenvalue weighted by Gasteiger charge is -2.18. The topological polar surface area (TPSA) is 129 Å². The molecule has 0 bridgehead atoms. The average molecular weight is 381 g/mol. The minimum absolute atomic E-state index is 0.144. The third-order valence-electron chi connectivity index (χ3n) is 4.00. The lowest BCUT2D eigenvalue weighted by Crippen LogP contribution is -2.28. The molecule has 0 radical (unpaired) electrons. The number of amides is 1. The summed E-state index contributed by atoms with van der Waals surface area (Å²) in [7, 11) is 1.34. The number of phenolic OH excluding ortho intramolecular Hbond substituents is 2. The van der Waals surface area contributed by atoms with Gasteiger partial charge in [-0.1, -0.05) is 17.7 Å². The second-order valence-electron chi connectivity index (χ2n) is 6.09. The molecule has 1 amide bonds. The molecule has 0 aliphatic rings. The van der Waals surface area contributed by atoms with E-state index in [0.29, 0.717) is 0 Å². The largest absolute Gasteiger partial charge is 0.506 e. The summed E-state index contributed by atoms with van der Waals surface area (Å²) in [5.74, 6) is -3.56. The number of aryl methyl sites for hydroxylation is 1. The van der Waals surface area contributed by atoms with Crippen LogP contribution in [0.4, 0.5) is 4.39 Å². The number of phenols is 2.